The van der Waals surface area contributed by atoms with E-state index in [4.69, 9.17) is 19.7 Å². The molecule has 8 N–H and O–H groups in total. The summed E-state index contributed by atoms with van der Waals surface area (Å²) in [7, 11) is 0. The standard InChI is InChI=1S/C36H63N5O13/c42-27-37-26-33(46)41-29(36(51)52)25-32(45)39-20-22-54-24-23-53-21-18-30(43)38-19-17-28(35(49)50)40-31(44)15-13-11-9-7-5-3-1-2-4-6-8-10-12-14-16-34(47)48/h27-29H,1-26H2,(H,37,42)(H,38,43)(H,39,45)(H,40,44)(H,41,46)(H,47,48)(H,49,50)(H,51,52). The molecule has 2 atom stereocenters. The number of unbranched alkanes of at least 4 members (excludes halogenated alkanes) is 13. The Labute approximate surface area is 317 Å². The number of hydrogen-bond acceptors (Lipinski definition) is 10. The van der Waals surface area contributed by atoms with Crippen LogP contribution in [0.1, 0.15) is 122 Å². The Kier molecular flexibility index (Phi) is 31.7. The third-order valence-electron chi connectivity index (χ3n) is 8.22. The average Bonchev–Trinajstić information content (AvgIpc) is 3.12. The zero-order valence-electron chi connectivity index (χ0n) is 31.5. The Morgan fingerprint density at radius 2 is 0.981 bits per heavy atom. The second-order valence-electron chi connectivity index (χ2n) is 12.9. The topological polar surface area (TPSA) is 276 Å². The third-order valence-corrected chi connectivity index (χ3v) is 8.22. The molecule has 0 aliphatic heterocycles. The minimum atomic E-state index is -1.46. The number of hydrogen-bond donors (Lipinski definition) is 8. The van der Waals surface area contributed by atoms with Gasteiger partial charge in [-0.2, -0.15) is 0 Å². The summed E-state index contributed by atoms with van der Waals surface area (Å²) in [4.78, 5) is 91.4. The molecular formula is C36H63N5O13. The predicted octanol–water partition coefficient (Wildman–Crippen LogP) is 1.63. The van der Waals surface area contributed by atoms with Crippen LogP contribution in [0.4, 0.5) is 0 Å². The van der Waals surface area contributed by atoms with Gasteiger partial charge in [0.2, 0.25) is 30.0 Å². The summed E-state index contributed by atoms with van der Waals surface area (Å²) in [6.45, 7) is 0.254. The van der Waals surface area contributed by atoms with Crippen LogP contribution < -0.4 is 26.6 Å². The van der Waals surface area contributed by atoms with Crippen LogP contribution in [0.25, 0.3) is 0 Å². The van der Waals surface area contributed by atoms with Crippen LogP contribution in [0.3, 0.4) is 0 Å². The second-order valence-corrected chi connectivity index (χ2v) is 12.9. The molecule has 5 amide bonds. The summed E-state index contributed by atoms with van der Waals surface area (Å²) < 4.78 is 10.6. The molecule has 0 spiro atoms. The van der Waals surface area contributed by atoms with Gasteiger partial charge >= 0.3 is 17.9 Å². The Morgan fingerprint density at radius 1 is 0.500 bits per heavy atom. The van der Waals surface area contributed by atoms with Gasteiger partial charge in [-0.25, -0.2) is 9.59 Å². The van der Waals surface area contributed by atoms with Crippen LogP contribution in [0, 0.1) is 0 Å². The molecular weight excluding hydrogens is 710 g/mol. The van der Waals surface area contributed by atoms with Crippen molar-refractivity contribution in [3.63, 3.8) is 0 Å². The molecule has 0 aromatic heterocycles. The van der Waals surface area contributed by atoms with Gasteiger partial charge < -0.3 is 51.4 Å². The summed E-state index contributed by atoms with van der Waals surface area (Å²) in [5, 5.41) is 39.1. The summed E-state index contributed by atoms with van der Waals surface area (Å²) in [5.74, 6) is -5.34. The number of amides is 5. The lowest BCUT2D eigenvalue weighted by Gasteiger charge is -2.15. The van der Waals surface area contributed by atoms with Crippen LogP contribution in [0.15, 0.2) is 0 Å². The first kappa shape index (κ1) is 49.7. The molecule has 0 radical (unpaired) electrons. The first-order chi connectivity index (χ1) is 26.0. The maximum absolute atomic E-state index is 12.3. The molecule has 0 heterocycles. The van der Waals surface area contributed by atoms with Crippen LogP contribution in [0.5, 0.6) is 0 Å². The van der Waals surface area contributed by atoms with Gasteiger partial charge in [0.05, 0.1) is 39.4 Å². The molecule has 2 unspecified atom stereocenters. The van der Waals surface area contributed by atoms with E-state index in [2.05, 4.69) is 26.6 Å². The molecule has 310 valence electrons. The van der Waals surface area contributed by atoms with Crippen molar-refractivity contribution < 1.29 is 63.1 Å². The lowest BCUT2D eigenvalue weighted by molar-refractivity contribution is -0.143. The molecule has 0 aliphatic carbocycles. The number of carbonyl (C=O) groups excluding carboxylic acids is 5. The number of carbonyl (C=O) groups is 8. The smallest absolute Gasteiger partial charge is 0.326 e. The van der Waals surface area contributed by atoms with Crippen molar-refractivity contribution in [2.45, 2.75) is 134 Å². The SMILES string of the molecule is O=CNCC(=O)NC(CC(=O)NCCOCCOCCC(=O)NCCC(NC(=O)CCCCCCCCCCCCCCCCC(=O)O)C(=O)O)C(=O)O. The predicted molar refractivity (Wildman–Crippen MR) is 196 cm³/mol. The lowest BCUT2D eigenvalue weighted by atomic mass is 10.0. The van der Waals surface area contributed by atoms with Crippen LogP contribution in [0.2, 0.25) is 0 Å². The number of aliphatic carboxylic acids is 3. The molecule has 0 saturated heterocycles. The largest absolute Gasteiger partial charge is 0.481 e. The molecule has 18 heteroatoms. The van der Waals surface area contributed by atoms with Gasteiger partial charge in [0.15, 0.2) is 0 Å². The van der Waals surface area contributed by atoms with Gasteiger partial charge in [0.25, 0.3) is 0 Å². The summed E-state index contributed by atoms with van der Waals surface area (Å²) in [6, 6.07) is -2.57. The van der Waals surface area contributed by atoms with E-state index < -0.39 is 54.8 Å². The lowest BCUT2D eigenvalue weighted by Crippen LogP contribution is -2.47. The van der Waals surface area contributed by atoms with E-state index in [0.29, 0.717) is 6.42 Å². The number of carboxylic acids is 3. The molecule has 0 aromatic rings. The zero-order valence-corrected chi connectivity index (χ0v) is 31.5. The maximum atomic E-state index is 12.3. The minimum Gasteiger partial charge on any atom is -0.481 e. The van der Waals surface area contributed by atoms with E-state index in [1.165, 1.54) is 38.5 Å². The molecule has 0 aliphatic rings. The number of carboxylic acid groups (broad SMARTS) is 3. The van der Waals surface area contributed by atoms with Crippen molar-refractivity contribution >= 4 is 47.9 Å². The van der Waals surface area contributed by atoms with E-state index in [1.807, 2.05) is 0 Å². The molecule has 18 nitrogen and oxygen atoms in total. The van der Waals surface area contributed by atoms with Crippen molar-refractivity contribution in [2.24, 2.45) is 0 Å². The van der Waals surface area contributed by atoms with Gasteiger partial charge in [0, 0.05) is 32.4 Å². The molecule has 0 saturated carbocycles. The highest BCUT2D eigenvalue weighted by Gasteiger charge is 2.23. The van der Waals surface area contributed by atoms with Gasteiger partial charge in [-0.15, -0.1) is 0 Å². The van der Waals surface area contributed by atoms with Crippen molar-refractivity contribution in [1.82, 2.24) is 26.6 Å². The van der Waals surface area contributed by atoms with E-state index in [-0.39, 0.29) is 83.4 Å². The van der Waals surface area contributed by atoms with E-state index in [1.54, 1.807) is 0 Å². The fraction of sp³-hybridized carbons (Fsp3) is 0.778. The van der Waals surface area contributed by atoms with Crippen molar-refractivity contribution in [1.29, 1.82) is 0 Å². The Bertz CT molecular complexity index is 1110. The maximum Gasteiger partial charge on any atom is 0.326 e. The van der Waals surface area contributed by atoms with Gasteiger partial charge in [-0.05, 0) is 19.3 Å². The van der Waals surface area contributed by atoms with Crippen molar-refractivity contribution in [3.05, 3.63) is 0 Å². The van der Waals surface area contributed by atoms with Crippen molar-refractivity contribution in [2.75, 3.05) is 46.1 Å². The summed E-state index contributed by atoms with van der Waals surface area (Å²) in [5.41, 5.74) is 0. The molecule has 0 bridgehead atoms. The third kappa shape index (κ3) is 32.3. The van der Waals surface area contributed by atoms with Crippen LogP contribution in [-0.2, 0) is 47.8 Å². The summed E-state index contributed by atoms with van der Waals surface area (Å²) >= 11 is 0. The van der Waals surface area contributed by atoms with E-state index >= 15 is 0 Å². The fourth-order valence-electron chi connectivity index (χ4n) is 5.24. The van der Waals surface area contributed by atoms with E-state index in [0.717, 1.165) is 44.9 Å². The average molecular weight is 774 g/mol. The van der Waals surface area contributed by atoms with Gasteiger partial charge in [-0.3, -0.25) is 28.8 Å². The Morgan fingerprint density at radius 3 is 1.50 bits per heavy atom. The fourth-order valence-corrected chi connectivity index (χ4v) is 5.24. The monoisotopic (exact) mass is 773 g/mol. The molecule has 0 fully saturated rings. The molecule has 0 aromatic carbocycles. The van der Waals surface area contributed by atoms with Crippen molar-refractivity contribution in [3.8, 4) is 0 Å². The summed E-state index contributed by atoms with van der Waals surface area (Å²) in [6.07, 6.45) is 15.3. The first-order valence-electron chi connectivity index (χ1n) is 19.1. The highest BCUT2D eigenvalue weighted by atomic mass is 16.5. The number of rotatable bonds is 38. The quantitative estimate of drug-likeness (QED) is 0.0328. The minimum absolute atomic E-state index is 0.0332. The first-order valence-corrected chi connectivity index (χ1v) is 19.1. The van der Waals surface area contributed by atoms with Gasteiger partial charge in [-0.1, -0.05) is 77.0 Å². The Balaban J connectivity index is 3.80. The molecule has 54 heavy (non-hydrogen) atoms. The number of nitrogens with one attached hydrogen (secondary N) is 5. The normalized spacial score (nSPS) is 11.9. The van der Waals surface area contributed by atoms with E-state index in [9.17, 15) is 43.5 Å². The van der Waals surface area contributed by atoms with Crippen LogP contribution >= 0.6 is 0 Å². The Hall–Kier alpha value is -4.32. The highest BCUT2D eigenvalue weighted by molar-refractivity contribution is 5.89. The van der Waals surface area contributed by atoms with Gasteiger partial charge in [0.1, 0.15) is 12.1 Å². The van der Waals surface area contributed by atoms with Crippen LogP contribution in [-0.4, -0.2) is 121 Å². The molecule has 0 rings (SSSR count). The zero-order chi connectivity index (χ0) is 40.2. The highest BCUT2D eigenvalue weighted by Crippen LogP contribution is 2.14. The number of ether oxygens (including phenoxy) is 2. The second kappa shape index (κ2) is 34.4.